The van der Waals surface area contributed by atoms with E-state index in [1.807, 2.05) is 0 Å². The van der Waals surface area contributed by atoms with Gasteiger partial charge in [0, 0.05) is 0 Å². The van der Waals surface area contributed by atoms with Gasteiger partial charge in [-0.25, -0.2) is 10.2 Å². The Morgan fingerprint density at radius 2 is 1.55 bits per heavy atom. The van der Waals surface area contributed by atoms with Crippen LogP contribution in [-0.4, -0.2) is 6.08 Å². The average Bonchev–Trinajstić information content (AvgIpc) is 1.88. The Bertz CT molecular complexity index is 126. The molecule has 2 heteroatoms. The quantitative estimate of drug-likeness (QED) is 0.424. The molecule has 1 aliphatic rings. The van der Waals surface area contributed by atoms with Crippen LogP contribution in [0.25, 0.3) is 0 Å². The largest absolute Gasteiger partial charge is 0.231 e. The van der Waals surface area contributed by atoms with Gasteiger partial charge in [0.2, 0.25) is 6.08 Å². The SMILES string of the molecule is CC1(C)CCCCC1.N=C=O. The Kier molecular flexibility index (Phi) is 4.80. The van der Waals surface area contributed by atoms with Crippen molar-refractivity contribution in [1.82, 2.24) is 0 Å². The van der Waals surface area contributed by atoms with Gasteiger partial charge in [0.15, 0.2) is 0 Å². The molecule has 1 saturated carbocycles. The summed E-state index contributed by atoms with van der Waals surface area (Å²) in [6, 6.07) is 0. The Balaban J connectivity index is 0.000000292. The number of carbonyl (C=O) groups excluding carboxylic acids is 1. The van der Waals surface area contributed by atoms with Crippen molar-refractivity contribution in [3.8, 4) is 0 Å². The molecule has 1 fully saturated rings. The lowest BCUT2D eigenvalue weighted by Crippen LogP contribution is -2.14. The van der Waals surface area contributed by atoms with Gasteiger partial charge in [-0.3, -0.25) is 0 Å². The lowest BCUT2D eigenvalue weighted by molar-refractivity contribution is 0.244. The lowest BCUT2D eigenvalue weighted by Gasteiger charge is -2.28. The van der Waals surface area contributed by atoms with E-state index >= 15 is 0 Å². The molecular weight excluding hydrogens is 138 g/mol. The van der Waals surface area contributed by atoms with E-state index in [4.69, 9.17) is 10.2 Å². The van der Waals surface area contributed by atoms with Crippen molar-refractivity contribution in [3.05, 3.63) is 0 Å². The number of rotatable bonds is 0. The predicted octanol–water partition coefficient (Wildman–Crippen LogP) is 2.88. The van der Waals surface area contributed by atoms with Crippen LogP contribution in [-0.2, 0) is 4.79 Å². The summed E-state index contributed by atoms with van der Waals surface area (Å²) in [5.41, 5.74) is 0.679. The molecule has 0 aromatic rings. The number of hydrogen-bond donors (Lipinski definition) is 1. The fourth-order valence-electron chi connectivity index (χ4n) is 1.51. The Labute approximate surface area is 68.5 Å². The highest BCUT2D eigenvalue weighted by atomic mass is 16.1. The summed E-state index contributed by atoms with van der Waals surface area (Å²) in [6.07, 6.45) is 8.06. The maximum Gasteiger partial charge on any atom is 0.231 e. The molecule has 0 spiro atoms. The lowest BCUT2D eigenvalue weighted by atomic mass is 9.78. The smallest absolute Gasteiger partial charge is 0.222 e. The highest BCUT2D eigenvalue weighted by Crippen LogP contribution is 2.34. The van der Waals surface area contributed by atoms with Crippen LogP contribution in [0.4, 0.5) is 0 Å². The molecule has 0 unspecified atom stereocenters. The maximum absolute atomic E-state index is 8.35. The number of nitrogens with one attached hydrogen (secondary N) is 1. The summed E-state index contributed by atoms with van der Waals surface area (Å²) in [5, 5.41) is 5.40. The first-order valence-corrected chi connectivity index (χ1v) is 4.16. The van der Waals surface area contributed by atoms with Crippen LogP contribution in [0.3, 0.4) is 0 Å². The van der Waals surface area contributed by atoms with E-state index in [0.29, 0.717) is 5.41 Å². The van der Waals surface area contributed by atoms with E-state index in [9.17, 15) is 0 Å². The molecule has 0 aromatic heterocycles. The van der Waals surface area contributed by atoms with Crippen LogP contribution in [0.5, 0.6) is 0 Å². The zero-order valence-electron chi connectivity index (χ0n) is 7.44. The molecule has 0 aliphatic heterocycles. The monoisotopic (exact) mass is 155 g/mol. The van der Waals surface area contributed by atoms with Gasteiger partial charge in [-0.2, -0.15) is 0 Å². The Hall–Kier alpha value is -0.620. The average molecular weight is 155 g/mol. The van der Waals surface area contributed by atoms with Crippen LogP contribution in [0, 0.1) is 10.8 Å². The normalized spacial score (nSPS) is 20.9. The Morgan fingerprint density at radius 3 is 1.73 bits per heavy atom. The van der Waals surface area contributed by atoms with Gasteiger partial charge in [-0.1, -0.05) is 33.1 Å². The molecule has 1 rings (SSSR count). The molecule has 2 nitrogen and oxygen atoms in total. The Morgan fingerprint density at radius 1 is 1.18 bits per heavy atom. The third-order valence-electron chi connectivity index (χ3n) is 2.21. The summed E-state index contributed by atoms with van der Waals surface area (Å²) in [7, 11) is 0. The van der Waals surface area contributed by atoms with Crippen molar-refractivity contribution in [3.63, 3.8) is 0 Å². The van der Waals surface area contributed by atoms with Gasteiger partial charge in [0.05, 0.1) is 0 Å². The molecule has 0 heterocycles. The van der Waals surface area contributed by atoms with E-state index < -0.39 is 0 Å². The minimum absolute atomic E-state index is 0.679. The van der Waals surface area contributed by atoms with Crippen molar-refractivity contribution >= 4 is 6.08 Å². The van der Waals surface area contributed by atoms with Gasteiger partial charge < -0.3 is 0 Å². The second kappa shape index (κ2) is 5.09. The van der Waals surface area contributed by atoms with E-state index in [0.717, 1.165) is 6.08 Å². The van der Waals surface area contributed by atoms with E-state index in [-0.39, 0.29) is 0 Å². The second-order valence-corrected chi connectivity index (χ2v) is 3.83. The molecule has 0 amide bonds. The fraction of sp³-hybridized carbons (Fsp3) is 0.889. The first-order valence-electron chi connectivity index (χ1n) is 4.16. The second-order valence-electron chi connectivity index (χ2n) is 3.83. The summed E-state index contributed by atoms with van der Waals surface area (Å²) >= 11 is 0. The fourth-order valence-corrected chi connectivity index (χ4v) is 1.51. The highest BCUT2D eigenvalue weighted by Gasteiger charge is 2.19. The van der Waals surface area contributed by atoms with Gasteiger partial charge >= 0.3 is 0 Å². The van der Waals surface area contributed by atoms with Crippen LogP contribution in [0.15, 0.2) is 0 Å². The first kappa shape index (κ1) is 10.4. The van der Waals surface area contributed by atoms with Crippen LogP contribution in [0.2, 0.25) is 0 Å². The summed E-state index contributed by atoms with van der Waals surface area (Å²) in [5.74, 6) is 0. The zero-order chi connectivity index (χ0) is 8.74. The topological polar surface area (TPSA) is 40.9 Å². The third kappa shape index (κ3) is 5.81. The molecule has 0 atom stereocenters. The van der Waals surface area contributed by atoms with Crippen molar-refractivity contribution in [1.29, 1.82) is 5.41 Å². The van der Waals surface area contributed by atoms with Crippen molar-refractivity contribution in [2.45, 2.75) is 46.0 Å². The van der Waals surface area contributed by atoms with Crippen molar-refractivity contribution in [2.75, 3.05) is 0 Å². The third-order valence-corrected chi connectivity index (χ3v) is 2.21. The van der Waals surface area contributed by atoms with Gasteiger partial charge in [-0.15, -0.1) is 0 Å². The molecule has 1 N–H and O–H groups in total. The summed E-state index contributed by atoms with van der Waals surface area (Å²) in [6.45, 7) is 4.76. The zero-order valence-corrected chi connectivity index (χ0v) is 7.44. The maximum atomic E-state index is 8.35. The van der Waals surface area contributed by atoms with Gasteiger partial charge in [0.25, 0.3) is 0 Å². The predicted molar refractivity (Wildman–Crippen MR) is 45.3 cm³/mol. The molecule has 0 bridgehead atoms. The van der Waals surface area contributed by atoms with Crippen LogP contribution < -0.4 is 0 Å². The first-order chi connectivity index (χ1) is 5.12. The standard InChI is InChI=1S/C8H16.CHNO/c1-8(2)6-4-3-5-7-8;2-1-3/h3-7H2,1-2H3;2H. The van der Waals surface area contributed by atoms with Gasteiger partial charge in [-0.05, 0) is 18.3 Å². The molecule has 0 saturated heterocycles. The molecular formula is C9H17NO. The van der Waals surface area contributed by atoms with E-state index in [1.54, 1.807) is 0 Å². The van der Waals surface area contributed by atoms with Gasteiger partial charge in [0.1, 0.15) is 0 Å². The molecule has 1 aliphatic carbocycles. The minimum Gasteiger partial charge on any atom is -0.222 e. The van der Waals surface area contributed by atoms with Crippen molar-refractivity contribution < 1.29 is 4.79 Å². The van der Waals surface area contributed by atoms with Crippen LogP contribution in [0.1, 0.15) is 46.0 Å². The summed E-state index contributed by atoms with van der Waals surface area (Å²) in [4.78, 5) is 8.35. The molecule has 11 heavy (non-hydrogen) atoms. The summed E-state index contributed by atoms with van der Waals surface area (Å²) < 4.78 is 0. The molecule has 0 aromatic carbocycles. The number of isocyanates is 1. The van der Waals surface area contributed by atoms with Crippen LogP contribution >= 0.6 is 0 Å². The number of hydrogen-bond acceptors (Lipinski definition) is 2. The van der Waals surface area contributed by atoms with E-state index in [2.05, 4.69) is 13.8 Å². The highest BCUT2D eigenvalue weighted by molar-refractivity contribution is 5.26. The minimum atomic E-state index is 0.679. The molecule has 64 valence electrons. The van der Waals surface area contributed by atoms with Crippen molar-refractivity contribution in [2.24, 2.45) is 5.41 Å². The molecule has 0 radical (unpaired) electrons. The van der Waals surface area contributed by atoms with E-state index in [1.165, 1.54) is 32.1 Å².